The molecule has 2 rings (SSSR count). The number of phenols is 1. The van der Waals surface area contributed by atoms with Crippen molar-refractivity contribution in [2.75, 3.05) is 5.32 Å². The van der Waals surface area contributed by atoms with E-state index in [1.54, 1.807) is 25.1 Å². The highest BCUT2D eigenvalue weighted by atomic mass is 79.9. The van der Waals surface area contributed by atoms with Crippen molar-refractivity contribution in [3.05, 3.63) is 46.3 Å². The van der Waals surface area contributed by atoms with Crippen molar-refractivity contribution in [3.63, 3.8) is 0 Å². The van der Waals surface area contributed by atoms with Gasteiger partial charge in [0.2, 0.25) is 0 Å². The van der Waals surface area contributed by atoms with Crippen LogP contribution in [0.4, 0.5) is 5.69 Å². The maximum atomic E-state index is 11.8. The van der Waals surface area contributed by atoms with Gasteiger partial charge in [0, 0.05) is 11.8 Å². The van der Waals surface area contributed by atoms with Gasteiger partial charge in [0.05, 0.1) is 11.8 Å². The Morgan fingerprint density at radius 1 is 1.41 bits per heavy atom. The minimum Gasteiger partial charge on any atom is -0.508 e. The zero-order chi connectivity index (χ0) is 12.4. The van der Waals surface area contributed by atoms with Crippen LogP contribution in [-0.4, -0.2) is 11.0 Å². The van der Waals surface area contributed by atoms with Gasteiger partial charge in [-0.05, 0) is 40.5 Å². The molecule has 0 saturated carbocycles. The predicted octanol–water partition coefficient (Wildman–Crippen LogP) is 3.31. The molecule has 2 N–H and O–H groups in total. The Hall–Kier alpha value is -1.75. The van der Waals surface area contributed by atoms with Gasteiger partial charge >= 0.3 is 0 Å². The molecule has 1 heterocycles. The molecule has 1 aromatic carbocycles. The van der Waals surface area contributed by atoms with E-state index in [1.807, 2.05) is 0 Å². The summed E-state index contributed by atoms with van der Waals surface area (Å²) in [4.78, 5) is 11.8. The first kappa shape index (κ1) is 11.7. The molecule has 0 bridgehead atoms. The summed E-state index contributed by atoms with van der Waals surface area (Å²) in [5.74, 6) is -0.150. The summed E-state index contributed by atoms with van der Waals surface area (Å²) in [5, 5.41) is 12.2. The number of benzene rings is 1. The third-order valence-electron chi connectivity index (χ3n) is 2.33. The maximum Gasteiger partial charge on any atom is 0.260 e. The van der Waals surface area contributed by atoms with E-state index in [1.165, 1.54) is 12.3 Å². The average Bonchev–Trinajstić information content (AvgIpc) is 2.70. The Kier molecular flexibility index (Phi) is 3.19. The molecule has 0 unspecified atom stereocenters. The molecule has 0 aliphatic rings. The van der Waals surface area contributed by atoms with E-state index in [0.717, 1.165) is 5.56 Å². The van der Waals surface area contributed by atoms with Crippen molar-refractivity contribution >= 4 is 27.5 Å². The molecule has 0 fully saturated rings. The Balaban J connectivity index is 2.19. The van der Waals surface area contributed by atoms with E-state index in [2.05, 4.69) is 21.2 Å². The number of rotatable bonds is 2. The number of hydrogen-bond donors (Lipinski definition) is 2. The highest BCUT2D eigenvalue weighted by molar-refractivity contribution is 9.10. The number of amides is 1. The van der Waals surface area contributed by atoms with Crippen molar-refractivity contribution in [1.82, 2.24) is 0 Å². The van der Waals surface area contributed by atoms with Crippen LogP contribution in [0.2, 0.25) is 0 Å². The summed E-state index contributed by atoms with van der Waals surface area (Å²) in [5.41, 5.74) is 1.70. The van der Waals surface area contributed by atoms with E-state index in [-0.39, 0.29) is 11.7 Å². The summed E-state index contributed by atoms with van der Waals surface area (Å²) in [7, 11) is 0. The van der Waals surface area contributed by atoms with Gasteiger partial charge in [0.1, 0.15) is 5.75 Å². The lowest BCUT2D eigenvalue weighted by atomic mass is 10.2. The molecule has 88 valence electrons. The zero-order valence-electron chi connectivity index (χ0n) is 9.03. The van der Waals surface area contributed by atoms with Crippen LogP contribution in [0.5, 0.6) is 5.75 Å². The molecule has 1 amide bonds. The third-order valence-corrected chi connectivity index (χ3v) is 2.94. The number of nitrogens with one attached hydrogen (secondary N) is 1. The molecule has 0 spiro atoms. The number of carbonyl (C=O) groups excluding carboxylic acids is 1. The van der Waals surface area contributed by atoms with Crippen LogP contribution in [0.25, 0.3) is 0 Å². The molecule has 0 aliphatic heterocycles. The first-order valence-corrected chi connectivity index (χ1v) is 5.71. The van der Waals surface area contributed by atoms with Crippen LogP contribution in [0.3, 0.4) is 0 Å². The molecular formula is C12H10BrNO3. The molecule has 17 heavy (non-hydrogen) atoms. The van der Waals surface area contributed by atoms with Gasteiger partial charge in [-0.2, -0.15) is 0 Å². The molecule has 4 nitrogen and oxygen atoms in total. The SMILES string of the molecule is Cc1ccc(NC(=O)c2ccoc2Br)cc1O. The highest BCUT2D eigenvalue weighted by Crippen LogP contribution is 2.23. The zero-order valence-corrected chi connectivity index (χ0v) is 10.6. The number of hydrogen-bond acceptors (Lipinski definition) is 3. The molecule has 5 heteroatoms. The van der Waals surface area contributed by atoms with E-state index in [0.29, 0.717) is 15.9 Å². The second-order valence-corrected chi connectivity index (χ2v) is 4.28. The van der Waals surface area contributed by atoms with E-state index >= 15 is 0 Å². The van der Waals surface area contributed by atoms with Crippen LogP contribution in [0.15, 0.2) is 39.6 Å². The van der Waals surface area contributed by atoms with Gasteiger partial charge in [0.15, 0.2) is 4.67 Å². The molecule has 1 aromatic heterocycles. The largest absolute Gasteiger partial charge is 0.508 e. The fourth-order valence-electron chi connectivity index (χ4n) is 1.34. The van der Waals surface area contributed by atoms with E-state index in [4.69, 9.17) is 4.42 Å². The van der Waals surface area contributed by atoms with Gasteiger partial charge in [-0.1, -0.05) is 6.07 Å². The maximum absolute atomic E-state index is 11.8. The quantitative estimate of drug-likeness (QED) is 0.893. The molecule has 2 aromatic rings. The molecule has 0 aliphatic carbocycles. The van der Waals surface area contributed by atoms with Gasteiger partial charge in [-0.15, -0.1) is 0 Å². The van der Waals surface area contributed by atoms with E-state index < -0.39 is 0 Å². The topological polar surface area (TPSA) is 62.5 Å². The van der Waals surface area contributed by atoms with Crippen LogP contribution in [0.1, 0.15) is 15.9 Å². The summed E-state index contributed by atoms with van der Waals surface area (Å²) < 4.78 is 5.35. The first-order valence-electron chi connectivity index (χ1n) is 4.92. The summed E-state index contributed by atoms with van der Waals surface area (Å²) in [6.45, 7) is 1.79. The lowest BCUT2D eigenvalue weighted by Gasteiger charge is -2.05. The summed E-state index contributed by atoms with van der Waals surface area (Å²) in [6, 6.07) is 6.52. The Bertz CT molecular complexity index is 563. The van der Waals surface area contributed by atoms with Crippen LogP contribution < -0.4 is 5.32 Å². The van der Waals surface area contributed by atoms with Crippen LogP contribution in [0, 0.1) is 6.92 Å². The fourth-order valence-corrected chi connectivity index (χ4v) is 1.76. The normalized spacial score (nSPS) is 10.2. The minimum atomic E-state index is -0.297. The number of halogens is 1. The van der Waals surface area contributed by atoms with Crippen molar-refractivity contribution in [1.29, 1.82) is 0 Å². The lowest BCUT2D eigenvalue weighted by molar-refractivity contribution is 0.102. The number of carbonyl (C=O) groups is 1. The first-order chi connectivity index (χ1) is 8.08. The Labute approximate surface area is 106 Å². The number of aryl methyl sites for hydroxylation is 1. The third kappa shape index (κ3) is 2.50. The number of anilines is 1. The van der Waals surface area contributed by atoms with Gasteiger partial charge in [-0.25, -0.2) is 0 Å². The molecule has 0 radical (unpaired) electrons. The van der Waals surface area contributed by atoms with Crippen molar-refractivity contribution in [3.8, 4) is 5.75 Å². The fraction of sp³-hybridized carbons (Fsp3) is 0.0833. The average molecular weight is 296 g/mol. The van der Waals surface area contributed by atoms with Crippen LogP contribution >= 0.6 is 15.9 Å². The lowest BCUT2D eigenvalue weighted by Crippen LogP contribution is -2.11. The monoisotopic (exact) mass is 295 g/mol. The number of furan rings is 1. The molecule has 0 atom stereocenters. The summed E-state index contributed by atoms with van der Waals surface area (Å²) >= 11 is 3.13. The number of phenolic OH excluding ortho intramolecular Hbond substituents is 1. The van der Waals surface area contributed by atoms with Gasteiger partial charge < -0.3 is 14.8 Å². The Morgan fingerprint density at radius 3 is 2.76 bits per heavy atom. The molecular weight excluding hydrogens is 286 g/mol. The predicted molar refractivity (Wildman–Crippen MR) is 67.2 cm³/mol. The molecule has 0 saturated heterocycles. The van der Waals surface area contributed by atoms with Gasteiger partial charge in [-0.3, -0.25) is 4.79 Å². The summed E-state index contributed by atoms with van der Waals surface area (Å²) in [6.07, 6.45) is 1.42. The standard InChI is InChI=1S/C12H10BrNO3/c1-7-2-3-8(6-10(7)15)14-12(16)9-4-5-17-11(9)13/h2-6,15H,1H3,(H,14,16). The van der Waals surface area contributed by atoms with Crippen molar-refractivity contribution in [2.45, 2.75) is 6.92 Å². The van der Waals surface area contributed by atoms with E-state index in [9.17, 15) is 9.90 Å². The van der Waals surface area contributed by atoms with Crippen molar-refractivity contribution in [2.24, 2.45) is 0 Å². The smallest absolute Gasteiger partial charge is 0.260 e. The number of aromatic hydroxyl groups is 1. The highest BCUT2D eigenvalue weighted by Gasteiger charge is 2.12. The second-order valence-electron chi connectivity index (χ2n) is 3.56. The minimum absolute atomic E-state index is 0.147. The second kappa shape index (κ2) is 4.63. The van der Waals surface area contributed by atoms with Gasteiger partial charge in [0.25, 0.3) is 5.91 Å². The Morgan fingerprint density at radius 2 is 2.18 bits per heavy atom. The van der Waals surface area contributed by atoms with Crippen molar-refractivity contribution < 1.29 is 14.3 Å². The van der Waals surface area contributed by atoms with Crippen LogP contribution in [-0.2, 0) is 0 Å².